The smallest absolute Gasteiger partial charge is 0.345 e. The summed E-state index contributed by atoms with van der Waals surface area (Å²) in [6.45, 7) is 0.472. The quantitative estimate of drug-likeness (QED) is 0.897. The summed E-state index contributed by atoms with van der Waals surface area (Å²) in [6.07, 6.45) is 0. The van der Waals surface area contributed by atoms with Crippen LogP contribution in [0, 0.1) is 5.82 Å². The third kappa shape index (κ3) is 3.00. The Kier molecular flexibility index (Phi) is 3.84. The zero-order chi connectivity index (χ0) is 13.1. The minimum Gasteiger partial charge on any atom is -0.477 e. The second-order valence-electron chi connectivity index (χ2n) is 3.55. The van der Waals surface area contributed by atoms with Crippen LogP contribution >= 0.6 is 22.9 Å². The molecule has 2 aromatic rings. The van der Waals surface area contributed by atoms with Crippen molar-refractivity contribution in [2.75, 3.05) is 5.32 Å². The SMILES string of the molecule is O=C(O)c1ccc(CNc2ccc(F)c(Cl)c2)s1. The Balaban J connectivity index is 2.02. The van der Waals surface area contributed by atoms with Crippen molar-refractivity contribution >= 4 is 34.6 Å². The van der Waals surface area contributed by atoms with Crippen molar-refractivity contribution < 1.29 is 14.3 Å². The van der Waals surface area contributed by atoms with E-state index in [9.17, 15) is 9.18 Å². The standard InChI is InChI=1S/C12H9ClFNO2S/c13-9-5-7(1-3-10(9)14)15-6-8-2-4-11(18-8)12(16)17/h1-5,15H,6H2,(H,16,17). The zero-order valence-electron chi connectivity index (χ0n) is 9.11. The van der Waals surface area contributed by atoms with Gasteiger partial charge < -0.3 is 10.4 Å². The van der Waals surface area contributed by atoms with E-state index in [0.717, 1.165) is 4.88 Å². The van der Waals surface area contributed by atoms with Crippen molar-refractivity contribution in [3.63, 3.8) is 0 Å². The van der Waals surface area contributed by atoms with Gasteiger partial charge in [0.1, 0.15) is 10.7 Å². The molecule has 94 valence electrons. The van der Waals surface area contributed by atoms with E-state index in [1.54, 1.807) is 18.2 Å². The van der Waals surface area contributed by atoms with Gasteiger partial charge >= 0.3 is 5.97 Å². The second kappa shape index (κ2) is 5.37. The maximum atomic E-state index is 12.9. The minimum absolute atomic E-state index is 0.0532. The fraction of sp³-hybridized carbons (Fsp3) is 0.0833. The average Bonchev–Trinajstić information content (AvgIpc) is 2.79. The van der Waals surface area contributed by atoms with Crippen LogP contribution in [0.5, 0.6) is 0 Å². The molecule has 0 radical (unpaired) electrons. The third-order valence-corrected chi connectivity index (χ3v) is 3.62. The van der Waals surface area contributed by atoms with Gasteiger partial charge in [-0.25, -0.2) is 9.18 Å². The molecular formula is C12H9ClFNO2S. The third-order valence-electron chi connectivity index (χ3n) is 2.26. The van der Waals surface area contributed by atoms with E-state index in [-0.39, 0.29) is 5.02 Å². The first-order valence-electron chi connectivity index (χ1n) is 5.07. The van der Waals surface area contributed by atoms with Crippen molar-refractivity contribution in [1.82, 2.24) is 0 Å². The molecule has 0 atom stereocenters. The monoisotopic (exact) mass is 285 g/mol. The van der Waals surface area contributed by atoms with Crippen LogP contribution < -0.4 is 5.32 Å². The molecule has 1 aromatic heterocycles. The van der Waals surface area contributed by atoms with E-state index in [0.29, 0.717) is 17.1 Å². The van der Waals surface area contributed by atoms with Gasteiger partial charge in [-0.1, -0.05) is 11.6 Å². The van der Waals surface area contributed by atoms with Crippen LogP contribution in [0.4, 0.5) is 10.1 Å². The summed E-state index contributed by atoms with van der Waals surface area (Å²) in [5.74, 6) is -1.40. The summed E-state index contributed by atoms with van der Waals surface area (Å²) in [5, 5.41) is 11.9. The number of carboxylic acid groups (broad SMARTS) is 1. The van der Waals surface area contributed by atoms with Gasteiger partial charge in [0.2, 0.25) is 0 Å². The van der Waals surface area contributed by atoms with Crippen LogP contribution in [0.15, 0.2) is 30.3 Å². The van der Waals surface area contributed by atoms with E-state index >= 15 is 0 Å². The predicted molar refractivity (Wildman–Crippen MR) is 70.0 cm³/mol. The molecule has 0 amide bonds. The van der Waals surface area contributed by atoms with Crippen LogP contribution in [0.2, 0.25) is 5.02 Å². The number of hydrogen-bond acceptors (Lipinski definition) is 3. The van der Waals surface area contributed by atoms with Crippen molar-refractivity contribution in [2.45, 2.75) is 6.54 Å². The van der Waals surface area contributed by atoms with Crippen LogP contribution in [-0.4, -0.2) is 11.1 Å². The topological polar surface area (TPSA) is 49.3 Å². The van der Waals surface area contributed by atoms with Gasteiger partial charge in [-0.2, -0.15) is 0 Å². The van der Waals surface area contributed by atoms with Gasteiger partial charge in [0.15, 0.2) is 0 Å². The molecule has 3 nitrogen and oxygen atoms in total. The Hall–Kier alpha value is -1.59. The van der Waals surface area contributed by atoms with Gasteiger partial charge in [-0.3, -0.25) is 0 Å². The Morgan fingerprint density at radius 3 is 2.78 bits per heavy atom. The molecule has 0 unspecified atom stereocenters. The molecule has 2 rings (SSSR count). The number of halogens is 2. The highest BCUT2D eigenvalue weighted by Crippen LogP contribution is 2.21. The molecule has 0 aliphatic carbocycles. The largest absolute Gasteiger partial charge is 0.477 e. The Labute approximate surface area is 112 Å². The lowest BCUT2D eigenvalue weighted by Crippen LogP contribution is -1.97. The summed E-state index contributed by atoms with van der Waals surface area (Å²) in [5.41, 5.74) is 0.687. The molecular weight excluding hydrogens is 277 g/mol. The van der Waals surface area contributed by atoms with Gasteiger partial charge in [-0.05, 0) is 30.3 Å². The second-order valence-corrected chi connectivity index (χ2v) is 5.13. The molecule has 0 aliphatic rings. The van der Waals surface area contributed by atoms with Crippen LogP contribution in [0.25, 0.3) is 0 Å². The zero-order valence-corrected chi connectivity index (χ0v) is 10.7. The number of thiophene rings is 1. The Morgan fingerprint density at radius 2 is 2.17 bits per heavy atom. The molecule has 1 heterocycles. The molecule has 6 heteroatoms. The number of rotatable bonds is 4. The fourth-order valence-corrected chi connectivity index (χ4v) is 2.35. The molecule has 2 N–H and O–H groups in total. The van der Waals surface area contributed by atoms with E-state index < -0.39 is 11.8 Å². The van der Waals surface area contributed by atoms with Crippen molar-refractivity contribution in [3.05, 3.63) is 50.9 Å². The summed E-state index contributed by atoms with van der Waals surface area (Å²) in [7, 11) is 0. The van der Waals surface area contributed by atoms with E-state index in [2.05, 4.69) is 5.32 Å². The molecule has 0 aliphatic heterocycles. The molecule has 1 aromatic carbocycles. The molecule has 18 heavy (non-hydrogen) atoms. The average molecular weight is 286 g/mol. The van der Waals surface area contributed by atoms with Crippen molar-refractivity contribution in [3.8, 4) is 0 Å². The first kappa shape index (κ1) is 12.9. The molecule has 0 saturated heterocycles. The molecule has 0 spiro atoms. The van der Waals surface area contributed by atoms with Gasteiger partial charge in [0.05, 0.1) is 5.02 Å². The van der Waals surface area contributed by atoms with Crippen molar-refractivity contribution in [1.29, 1.82) is 0 Å². The first-order valence-corrected chi connectivity index (χ1v) is 6.26. The van der Waals surface area contributed by atoms with Gasteiger partial charge in [0, 0.05) is 17.1 Å². The normalized spacial score (nSPS) is 10.3. The predicted octanol–water partition coefficient (Wildman–Crippen LogP) is 3.85. The number of benzene rings is 1. The van der Waals surface area contributed by atoms with E-state index in [4.69, 9.17) is 16.7 Å². The van der Waals surface area contributed by atoms with Crippen LogP contribution in [0.1, 0.15) is 14.5 Å². The lowest BCUT2D eigenvalue weighted by Gasteiger charge is -2.05. The molecule has 0 fully saturated rings. The lowest BCUT2D eigenvalue weighted by molar-refractivity contribution is 0.0702. The van der Waals surface area contributed by atoms with Gasteiger partial charge in [0.25, 0.3) is 0 Å². The summed E-state index contributed by atoms with van der Waals surface area (Å²) >= 11 is 6.85. The first-order chi connectivity index (χ1) is 8.56. The number of carbonyl (C=O) groups is 1. The summed E-state index contributed by atoms with van der Waals surface area (Å²) in [6, 6.07) is 7.64. The maximum absolute atomic E-state index is 12.9. The fourth-order valence-electron chi connectivity index (χ4n) is 1.38. The highest BCUT2D eigenvalue weighted by molar-refractivity contribution is 7.13. The molecule has 0 bridgehead atoms. The van der Waals surface area contributed by atoms with E-state index in [1.165, 1.54) is 23.5 Å². The highest BCUT2D eigenvalue weighted by Gasteiger charge is 2.07. The highest BCUT2D eigenvalue weighted by atomic mass is 35.5. The number of anilines is 1. The Morgan fingerprint density at radius 1 is 1.39 bits per heavy atom. The summed E-state index contributed by atoms with van der Waals surface area (Å²) in [4.78, 5) is 11.9. The number of nitrogens with one attached hydrogen (secondary N) is 1. The van der Waals surface area contributed by atoms with Crippen LogP contribution in [-0.2, 0) is 6.54 Å². The molecule has 0 saturated carbocycles. The Bertz CT molecular complexity index is 585. The number of aromatic carboxylic acids is 1. The maximum Gasteiger partial charge on any atom is 0.345 e. The van der Waals surface area contributed by atoms with Gasteiger partial charge in [-0.15, -0.1) is 11.3 Å². The number of hydrogen-bond donors (Lipinski definition) is 2. The van der Waals surface area contributed by atoms with Crippen LogP contribution in [0.3, 0.4) is 0 Å². The summed E-state index contributed by atoms with van der Waals surface area (Å²) < 4.78 is 12.9. The lowest BCUT2D eigenvalue weighted by atomic mass is 10.3. The number of carboxylic acids is 1. The minimum atomic E-state index is -0.934. The van der Waals surface area contributed by atoms with Crippen molar-refractivity contribution in [2.24, 2.45) is 0 Å². The van der Waals surface area contributed by atoms with E-state index in [1.807, 2.05) is 0 Å².